The van der Waals surface area contributed by atoms with Crippen molar-refractivity contribution in [2.45, 2.75) is 57.8 Å². The molecule has 1 aliphatic carbocycles. The van der Waals surface area contributed by atoms with Gasteiger partial charge < -0.3 is 19.5 Å². The van der Waals surface area contributed by atoms with Crippen LogP contribution in [0, 0.1) is 6.92 Å². The minimum Gasteiger partial charge on any atom is -0.456 e. The molecule has 0 bridgehead atoms. The number of benzene rings is 3. The van der Waals surface area contributed by atoms with Gasteiger partial charge in [0.25, 0.3) is 0 Å². The summed E-state index contributed by atoms with van der Waals surface area (Å²) in [4.78, 5) is 25.9. The predicted octanol–water partition coefficient (Wildman–Crippen LogP) is 6.61. The highest BCUT2D eigenvalue weighted by atomic mass is 19.3. The van der Waals surface area contributed by atoms with Crippen molar-refractivity contribution >= 4 is 17.6 Å². The summed E-state index contributed by atoms with van der Waals surface area (Å²) < 4.78 is 41.4. The minimum atomic E-state index is -3.71. The van der Waals surface area contributed by atoms with Crippen molar-refractivity contribution in [1.29, 1.82) is 0 Å². The second-order valence-electron chi connectivity index (χ2n) is 10.5. The number of ether oxygens (including phenoxy) is 3. The standard InChI is InChI=1S/C29H27F2NO5/c1-17-8-10-21(16-22(17)18-6-5-7-19(14-18)25(33)37-27(2,3)4)32-26(34)28(12-13-28)20-9-11-23-24(15-20)36-29(30,31)35-23/h5-11,14-16H,12-13H2,1-4H3,(H,32,34). The molecule has 3 aromatic rings. The molecule has 1 N–H and O–H groups in total. The lowest BCUT2D eigenvalue weighted by atomic mass is 9.94. The summed E-state index contributed by atoms with van der Waals surface area (Å²) in [6.45, 7) is 7.40. The topological polar surface area (TPSA) is 73.9 Å². The molecule has 1 fully saturated rings. The molecule has 1 aliphatic heterocycles. The number of aryl methyl sites for hydroxylation is 1. The predicted molar refractivity (Wildman–Crippen MR) is 134 cm³/mol. The van der Waals surface area contributed by atoms with Gasteiger partial charge in [-0.2, -0.15) is 0 Å². The summed E-state index contributed by atoms with van der Waals surface area (Å²) in [6.07, 6.45) is -2.53. The van der Waals surface area contributed by atoms with Crippen molar-refractivity contribution in [2.24, 2.45) is 0 Å². The highest BCUT2D eigenvalue weighted by Gasteiger charge is 2.52. The van der Waals surface area contributed by atoms with Gasteiger partial charge in [-0.25, -0.2) is 4.79 Å². The molecule has 192 valence electrons. The normalized spacial score (nSPS) is 16.7. The minimum absolute atomic E-state index is 0.0539. The molecule has 0 atom stereocenters. The first-order valence-electron chi connectivity index (χ1n) is 12.0. The van der Waals surface area contributed by atoms with Crippen molar-refractivity contribution in [1.82, 2.24) is 0 Å². The van der Waals surface area contributed by atoms with Crippen molar-refractivity contribution in [3.8, 4) is 22.6 Å². The number of amides is 1. The first kappa shape index (κ1) is 24.7. The van der Waals surface area contributed by atoms with Crippen molar-refractivity contribution < 1.29 is 32.6 Å². The average molecular weight is 508 g/mol. The zero-order chi connectivity index (χ0) is 26.6. The van der Waals surface area contributed by atoms with E-state index in [1.54, 1.807) is 24.3 Å². The third-order valence-electron chi connectivity index (χ3n) is 6.44. The Kier molecular flexibility index (Phi) is 5.73. The van der Waals surface area contributed by atoms with Crippen LogP contribution >= 0.6 is 0 Å². The number of esters is 1. The first-order valence-corrected chi connectivity index (χ1v) is 12.0. The Morgan fingerprint density at radius 2 is 1.68 bits per heavy atom. The van der Waals surface area contributed by atoms with Crippen LogP contribution in [0.2, 0.25) is 0 Å². The molecular weight excluding hydrogens is 480 g/mol. The van der Waals surface area contributed by atoms with Gasteiger partial charge in [0.1, 0.15) is 5.60 Å². The Morgan fingerprint density at radius 1 is 0.946 bits per heavy atom. The molecule has 1 saturated carbocycles. The molecule has 1 amide bonds. The molecule has 5 rings (SSSR count). The number of halogens is 2. The van der Waals surface area contributed by atoms with Gasteiger partial charge in [-0.15, -0.1) is 8.78 Å². The van der Waals surface area contributed by atoms with E-state index in [-0.39, 0.29) is 17.4 Å². The average Bonchev–Trinajstić information content (AvgIpc) is 3.56. The van der Waals surface area contributed by atoms with Crippen molar-refractivity contribution in [3.05, 3.63) is 77.4 Å². The lowest BCUT2D eigenvalue weighted by molar-refractivity contribution is -0.286. The van der Waals surface area contributed by atoms with E-state index in [4.69, 9.17) is 4.74 Å². The summed E-state index contributed by atoms with van der Waals surface area (Å²) in [5, 5.41) is 2.98. The molecule has 0 radical (unpaired) electrons. The Labute approximate surface area is 213 Å². The van der Waals surface area contributed by atoms with Crippen LogP contribution in [0.1, 0.15) is 55.1 Å². The maximum absolute atomic E-state index is 13.4. The fraction of sp³-hybridized carbons (Fsp3) is 0.310. The number of carbonyl (C=O) groups is 2. The molecule has 37 heavy (non-hydrogen) atoms. The lowest BCUT2D eigenvalue weighted by Crippen LogP contribution is -2.28. The zero-order valence-corrected chi connectivity index (χ0v) is 21.0. The number of anilines is 1. The van der Waals surface area contributed by atoms with Gasteiger partial charge >= 0.3 is 12.3 Å². The third kappa shape index (κ3) is 5.01. The summed E-state index contributed by atoms with van der Waals surface area (Å²) in [5.74, 6) is -0.769. The zero-order valence-electron chi connectivity index (χ0n) is 21.0. The molecule has 0 aromatic heterocycles. The van der Waals surface area contributed by atoms with Crippen molar-refractivity contribution in [3.63, 3.8) is 0 Å². The van der Waals surface area contributed by atoms with E-state index in [0.717, 1.165) is 16.7 Å². The molecule has 0 saturated heterocycles. The largest absolute Gasteiger partial charge is 0.586 e. The summed E-state index contributed by atoms with van der Waals surface area (Å²) in [6, 6.07) is 17.2. The van der Waals surface area contributed by atoms with Crippen LogP contribution in [-0.2, 0) is 14.9 Å². The van der Waals surface area contributed by atoms with Gasteiger partial charge in [0.2, 0.25) is 5.91 Å². The molecule has 0 unspecified atom stereocenters. The van der Waals surface area contributed by atoms with Gasteiger partial charge in [0, 0.05) is 5.69 Å². The van der Waals surface area contributed by atoms with E-state index in [2.05, 4.69) is 14.8 Å². The monoisotopic (exact) mass is 507 g/mol. The summed E-state index contributed by atoms with van der Waals surface area (Å²) >= 11 is 0. The van der Waals surface area contributed by atoms with Crippen LogP contribution in [-0.4, -0.2) is 23.8 Å². The fourth-order valence-corrected chi connectivity index (χ4v) is 4.43. The maximum atomic E-state index is 13.4. The molecule has 0 spiro atoms. The Bertz CT molecular complexity index is 1410. The van der Waals surface area contributed by atoms with E-state index in [9.17, 15) is 18.4 Å². The number of rotatable bonds is 5. The molecule has 8 heteroatoms. The number of fused-ring (bicyclic) bond motifs is 1. The number of hydrogen-bond donors (Lipinski definition) is 1. The van der Waals surface area contributed by atoms with Crippen LogP contribution in [0.4, 0.5) is 14.5 Å². The summed E-state index contributed by atoms with van der Waals surface area (Å²) in [5.41, 5.74) is 2.84. The highest BCUT2D eigenvalue weighted by molar-refractivity contribution is 6.02. The first-order chi connectivity index (χ1) is 17.4. The quantitative estimate of drug-likeness (QED) is 0.394. The van der Waals surface area contributed by atoms with E-state index in [1.165, 1.54) is 12.1 Å². The molecular formula is C29H27F2NO5. The van der Waals surface area contributed by atoms with Gasteiger partial charge in [0.05, 0.1) is 11.0 Å². The Hall–Kier alpha value is -3.94. The SMILES string of the molecule is Cc1ccc(NC(=O)C2(c3ccc4c(c3)OC(F)(F)O4)CC2)cc1-c1cccc(C(=O)OC(C)(C)C)c1. The van der Waals surface area contributed by atoms with Gasteiger partial charge in [-0.3, -0.25) is 4.79 Å². The number of carbonyl (C=O) groups excluding carboxylic acids is 2. The second-order valence-corrected chi connectivity index (χ2v) is 10.5. The van der Waals surface area contributed by atoms with Crippen LogP contribution < -0.4 is 14.8 Å². The summed E-state index contributed by atoms with van der Waals surface area (Å²) in [7, 11) is 0. The van der Waals surface area contributed by atoms with Crippen LogP contribution in [0.15, 0.2) is 60.7 Å². The van der Waals surface area contributed by atoms with E-state index in [1.807, 2.05) is 52.0 Å². The lowest BCUT2D eigenvalue weighted by Gasteiger charge is -2.20. The molecule has 1 heterocycles. The maximum Gasteiger partial charge on any atom is 0.586 e. The van der Waals surface area contributed by atoms with E-state index >= 15 is 0 Å². The van der Waals surface area contributed by atoms with Crippen LogP contribution in [0.3, 0.4) is 0 Å². The van der Waals surface area contributed by atoms with E-state index < -0.39 is 23.3 Å². The highest BCUT2D eigenvalue weighted by Crippen LogP contribution is 2.52. The van der Waals surface area contributed by atoms with Gasteiger partial charge in [0.15, 0.2) is 11.5 Å². The van der Waals surface area contributed by atoms with Crippen LogP contribution in [0.25, 0.3) is 11.1 Å². The Morgan fingerprint density at radius 3 is 2.38 bits per heavy atom. The van der Waals surface area contributed by atoms with Crippen molar-refractivity contribution in [2.75, 3.05) is 5.32 Å². The second kappa shape index (κ2) is 8.57. The number of nitrogens with one attached hydrogen (secondary N) is 1. The smallest absolute Gasteiger partial charge is 0.456 e. The molecule has 3 aromatic carbocycles. The molecule has 6 nitrogen and oxygen atoms in total. The molecule has 2 aliphatic rings. The van der Waals surface area contributed by atoms with E-state index in [0.29, 0.717) is 29.7 Å². The van der Waals surface area contributed by atoms with Gasteiger partial charge in [-0.05, 0) is 99.2 Å². The van der Waals surface area contributed by atoms with Crippen LogP contribution in [0.5, 0.6) is 11.5 Å². The Balaban J connectivity index is 1.37. The third-order valence-corrected chi connectivity index (χ3v) is 6.44. The fourth-order valence-electron chi connectivity index (χ4n) is 4.43. The number of hydrogen-bond acceptors (Lipinski definition) is 5. The number of alkyl halides is 2. The van der Waals surface area contributed by atoms with Gasteiger partial charge in [-0.1, -0.05) is 24.3 Å².